The van der Waals surface area contributed by atoms with Gasteiger partial charge in [-0.2, -0.15) is 0 Å². The molecule has 0 aromatic carbocycles. The first-order valence-corrected chi connectivity index (χ1v) is 5.65. The van der Waals surface area contributed by atoms with Crippen molar-refractivity contribution in [3.63, 3.8) is 0 Å². The zero-order valence-corrected chi connectivity index (χ0v) is 9.02. The lowest BCUT2D eigenvalue weighted by Crippen LogP contribution is -2.35. The van der Waals surface area contributed by atoms with E-state index in [4.69, 9.17) is 0 Å². The molecule has 1 fully saturated rings. The van der Waals surface area contributed by atoms with Crippen LogP contribution in [0.4, 0.5) is 0 Å². The normalized spacial score (nSPS) is 25.4. The molecule has 2 nitrogen and oxygen atoms in total. The van der Waals surface area contributed by atoms with E-state index >= 15 is 0 Å². The summed E-state index contributed by atoms with van der Waals surface area (Å²) in [4.78, 5) is 0. The van der Waals surface area contributed by atoms with Crippen LogP contribution >= 0.6 is 0 Å². The molecule has 0 amide bonds. The minimum Gasteiger partial charge on any atom is -0.391 e. The largest absolute Gasteiger partial charge is 0.391 e. The van der Waals surface area contributed by atoms with Gasteiger partial charge in [0.25, 0.3) is 0 Å². The first-order valence-electron chi connectivity index (χ1n) is 5.65. The van der Waals surface area contributed by atoms with Crippen molar-refractivity contribution in [1.29, 1.82) is 0 Å². The maximum absolute atomic E-state index is 9.82. The fourth-order valence-electron chi connectivity index (χ4n) is 2.45. The lowest BCUT2D eigenvalue weighted by atomic mass is 9.76. The second-order valence-electron chi connectivity index (χ2n) is 4.44. The van der Waals surface area contributed by atoms with Crippen LogP contribution in [0, 0.1) is 11.8 Å². The van der Waals surface area contributed by atoms with Crippen molar-refractivity contribution in [2.45, 2.75) is 51.2 Å². The van der Waals surface area contributed by atoms with E-state index in [1.54, 1.807) is 6.92 Å². The maximum Gasteiger partial charge on any atom is 0.0861 e. The van der Waals surface area contributed by atoms with Gasteiger partial charge in [0.2, 0.25) is 0 Å². The minimum absolute atomic E-state index is 0.0651. The van der Waals surface area contributed by atoms with E-state index in [2.05, 4.69) is 6.58 Å². The lowest BCUT2D eigenvalue weighted by molar-refractivity contribution is -0.0146. The third kappa shape index (κ3) is 2.82. The zero-order chi connectivity index (χ0) is 10.6. The van der Waals surface area contributed by atoms with Gasteiger partial charge in [-0.1, -0.05) is 25.3 Å². The molecule has 0 radical (unpaired) electrons. The van der Waals surface area contributed by atoms with Gasteiger partial charge in [-0.05, 0) is 25.7 Å². The zero-order valence-electron chi connectivity index (χ0n) is 9.02. The molecule has 1 aliphatic rings. The number of aliphatic hydroxyl groups is 2. The van der Waals surface area contributed by atoms with Crippen LogP contribution in [-0.4, -0.2) is 22.4 Å². The second-order valence-corrected chi connectivity index (χ2v) is 4.44. The number of rotatable bonds is 4. The van der Waals surface area contributed by atoms with Gasteiger partial charge >= 0.3 is 0 Å². The van der Waals surface area contributed by atoms with Gasteiger partial charge in [0, 0.05) is 5.92 Å². The van der Waals surface area contributed by atoms with Crippen molar-refractivity contribution >= 4 is 0 Å². The molecule has 0 bridgehead atoms. The predicted molar refractivity (Wildman–Crippen MR) is 57.9 cm³/mol. The summed E-state index contributed by atoms with van der Waals surface area (Å²) in [6, 6.07) is 0. The van der Waals surface area contributed by atoms with E-state index in [1.807, 2.05) is 6.08 Å². The van der Waals surface area contributed by atoms with Crippen molar-refractivity contribution in [2.75, 3.05) is 0 Å². The SMILES string of the molecule is C=C[C@@H](C1CCCCC1)[C@@H](O)[C@H](C)O. The summed E-state index contributed by atoms with van der Waals surface area (Å²) in [5.41, 5.74) is 0. The van der Waals surface area contributed by atoms with Crippen molar-refractivity contribution in [3.8, 4) is 0 Å². The molecule has 0 unspecified atom stereocenters. The average molecular weight is 198 g/mol. The molecule has 1 saturated carbocycles. The molecule has 0 aliphatic heterocycles. The van der Waals surface area contributed by atoms with E-state index in [9.17, 15) is 10.2 Å². The molecule has 0 saturated heterocycles. The molecule has 0 spiro atoms. The van der Waals surface area contributed by atoms with Crippen molar-refractivity contribution in [2.24, 2.45) is 11.8 Å². The average Bonchev–Trinajstić information content (AvgIpc) is 2.20. The molecule has 0 aromatic heterocycles. The second kappa shape index (κ2) is 5.52. The standard InChI is InChI=1S/C12H22O2/c1-3-11(12(14)9(2)13)10-7-5-4-6-8-10/h3,9-14H,1,4-8H2,2H3/t9-,11-,12-/m0/s1. The van der Waals surface area contributed by atoms with Gasteiger partial charge in [0.15, 0.2) is 0 Å². The van der Waals surface area contributed by atoms with Gasteiger partial charge in [0.05, 0.1) is 12.2 Å². The summed E-state index contributed by atoms with van der Waals surface area (Å²) in [7, 11) is 0. The molecule has 1 aliphatic carbocycles. The Hall–Kier alpha value is -0.340. The van der Waals surface area contributed by atoms with Crippen LogP contribution in [-0.2, 0) is 0 Å². The Balaban J connectivity index is 2.55. The number of aliphatic hydroxyl groups excluding tert-OH is 2. The predicted octanol–water partition coefficient (Wildman–Crippen LogP) is 2.11. The quantitative estimate of drug-likeness (QED) is 0.679. The summed E-state index contributed by atoms with van der Waals surface area (Å²) in [5, 5.41) is 19.2. The Labute approximate surface area is 86.6 Å². The fraction of sp³-hybridized carbons (Fsp3) is 0.833. The molecular formula is C12H22O2. The summed E-state index contributed by atoms with van der Waals surface area (Å²) in [6.07, 6.45) is 6.67. The summed E-state index contributed by atoms with van der Waals surface area (Å²) < 4.78 is 0. The summed E-state index contributed by atoms with van der Waals surface area (Å²) in [5.74, 6) is 0.584. The van der Waals surface area contributed by atoms with Crippen molar-refractivity contribution in [3.05, 3.63) is 12.7 Å². The van der Waals surface area contributed by atoms with E-state index < -0.39 is 12.2 Å². The lowest BCUT2D eigenvalue weighted by Gasteiger charge is -2.32. The van der Waals surface area contributed by atoms with Crippen LogP contribution in [0.25, 0.3) is 0 Å². The molecule has 0 aromatic rings. The number of hydrogen-bond acceptors (Lipinski definition) is 2. The van der Waals surface area contributed by atoms with Crippen LogP contribution in [0.5, 0.6) is 0 Å². The molecule has 2 heteroatoms. The van der Waals surface area contributed by atoms with Gasteiger partial charge in [0.1, 0.15) is 0 Å². The highest BCUT2D eigenvalue weighted by atomic mass is 16.3. The number of hydrogen-bond donors (Lipinski definition) is 2. The summed E-state index contributed by atoms with van der Waals surface area (Å²) in [6.45, 7) is 5.41. The van der Waals surface area contributed by atoms with Crippen molar-refractivity contribution in [1.82, 2.24) is 0 Å². The highest BCUT2D eigenvalue weighted by Gasteiger charge is 2.29. The van der Waals surface area contributed by atoms with Crippen LogP contribution < -0.4 is 0 Å². The smallest absolute Gasteiger partial charge is 0.0861 e. The molecular weight excluding hydrogens is 176 g/mol. The van der Waals surface area contributed by atoms with Crippen molar-refractivity contribution < 1.29 is 10.2 Å². The highest BCUT2D eigenvalue weighted by Crippen LogP contribution is 2.33. The van der Waals surface area contributed by atoms with Gasteiger partial charge < -0.3 is 10.2 Å². The fourth-order valence-corrected chi connectivity index (χ4v) is 2.45. The first kappa shape index (κ1) is 11.7. The molecule has 3 atom stereocenters. The van der Waals surface area contributed by atoms with E-state index in [1.165, 1.54) is 32.1 Å². The molecule has 0 heterocycles. The van der Waals surface area contributed by atoms with Gasteiger partial charge in [-0.3, -0.25) is 0 Å². The monoisotopic (exact) mass is 198 g/mol. The topological polar surface area (TPSA) is 40.5 Å². The molecule has 2 N–H and O–H groups in total. The van der Waals surface area contributed by atoms with E-state index in [0.717, 1.165) is 0 Å². The minimum atomic E-state index is -0.653. The first-order chi connectivity index (χ1) is 6.66. The Morgan fingerprint density at radius 2 is 1.79 bits per heavy atom. The highest BCUT2D eigenvalue weighted by molar-refractivity contribution is 4.92. The van der Waals surface area contributed by atoms with Crippen LogP contribution in [0.1, 0.15) is 39.0 Å². The third-order valence-electron chi connectivity index (χ3n) is 3.35. The van der Waals surface area contributed by atoms with Gasteiger partial charge in [-0.25, -0.2) is 0 Å². The third-order valence-corrected chi connectivity index (χ3v) is 3.35. The van der Waals surface area contributed by atoms with E-state index in [-0.39, 0.29) is 5.92 Å². The maximum atomic E-state index is 9.82. The molecule has 14 heavy (non-hydrogen) atoms. The Morgan fingerprint density at radius 1 is 1.21 bits per heavy atom. The molecule has 82 valence electrons. The van der Waals surface area contributed by atoms with Gasteiger partial charge in [-0.15, -0.1) is 6.58 Å². The Morgan fingerprint density at radius 3 is 2.21 bits per heavy atom. The van der Waals surface area contributed by atoms with Crippen LogP contribution in [0.15, 0.2) is 12.7 Å². The Kier molecular flexibility index (Phi) is 4.63. The van der Waals surface area contributed by atoms with Crippen LogP contribution in [0.2, 0.25) is 0 Å². The summed E-state index contributed by atoms with van der Waals surface area (Å²) >= 11 is 0. The molecule has 1 rings (SSSR count). The van der Waals surface area contributed by atoms with E-state index in [0.29, 0.717) is 5.92 Å². The Bertz CT molecular complexity index is 171. The van der Waals surface area contributed by atoms with Crippen LogP contribution in [0.3, 0.4) is 0 Å².